The number of carbonyl (C=O) groups is 1. The second-order valence-electron chi connectivity index (χ2n) is 7.61. The van der Waals surface area contributed by atoms with Crippen LogP contribution in [0.4, 0.5) is 0 Å². The lowest BCUT2D eigenvalue weighted by Gasteiger charge is -2.37. The second-order valence-corrected chi connectivity index (χ2v) is 7.61. The molecule has 0 aliphatic heterocycles. The molecule has 0 N–H and O–H groups in total. The minimum Gasteiger partial charge on any atom is -0.299 e. The minimum absolute atomic E-state index is 0.299. The summed E-state index contributed by atoms with van der Waals surface area (Å²) in [7, 11) is 0. The Balaban J connectivity index is 1.94. The Hall–Kier alpha value is -0.370. The molecule has 2 aliphatic carbocycles. The molecular weight excluding hydrogens is 222 g/mol. The summed E-state index contributed by atoms with van der Waals surface area (Å²) in [4.78, 5) is 14.7. The maximum Gasteiger partial charge on any atom is 0.137 e. The molecule has 0 amide bonds. The fourth-order valence-corrected chi connectivity index (χ4v) is 3.28. The number of hydrogen-bond acceptors (Lipinski definition) is 2. The van der Waals surface area contributed by atoms with Gasteiger partial charge in [0.15, 0.2) is 0 Å². The van der Waals surface area contributed by atoms with Crippen LogP contribution in [0.2, 0.25) is 0 Å². The van der Waals surface area contributed by atoms with E-state index in [0.717, 1.165) is 38.4 Å². The summed E-state index contributed by atoms with van der Waals surface area (Å²) in [6.07, 6.45) is 5.66. The smallest absolute Gasteiger partial charge is 0.137 e. The molecule has 0 spiro atoms. The molecule has 104 valence electrons. The Bertz CT molecular complexity index is 304. The number of carbonyl (C=O) groups excluding carboxylic acids is 1. The lowest BCUT2D eigenvalue weighted by atomic mass is 9.71. The van der Waals surface area contributed by atoms with Gasteiger partial charge in [-0.1, -0.05) is 27.7 Å². The van der Waals surface area contributed by atoms with Crippen molar-refractivity contribution < 1.29 is 4.79 Å². The van der Waals surface area contributed by atoms with E-state index in [-0.39, 0.29) is 0 Å². The van der Waals surface area contributed by atoms with Crippen molar-refractivity contribution in [3.63, 3.8) is 0 Å². The Labute approximate surface area is 112 Å². The average molecular weight is 251 g/mol. The highest BCUT2D eigenvalue weighted by Gasteiger charge is 2.37. The molecule has 2 saturated carbocycles. The Morgan fingerprint density at radius 3 is 2.56 bits per heavy atom. The Morgan fingerprint density at radius 2 is 2.00 bits per heavy atom. The van der Waals surface area contributed by atoms with Crippen LogP contribution in [0, 0.1) is 17.3 Å². The molecule has 1 unspecified atom stereocenters. The largest absolute Gasteiger partial charge is 0.299 e. The number of rotatable bonds is 5. The summed E-state index contributed by atoms with van der Waals surface area (Å²) in [5.74, 6) is 1.52. The molecule has 0 aromatic rings. The highest BCUT2D eigenvalue weighted by atomic mass is 16.1. The van der Waals surface area contributed by atoms with Crippen LogP contribution in [-0.2, 0) is 4.79 Å². The van der Waals surface area contributed by atoms with Crippen LogP contribution in [0.15, 0.2) is 0 Å². The Kier molecular flexibility index (Phi) is 4.15. The molecule has 0 aromatic heterocycles. The van der Waals surface area contributed by atoms with Crippen LogP contribution in [0.5, 0.6) is 0 Å². The van der Waals surface area contributed by atoms with Gasteiger partial charge in [-0.05, 0) is 37.0 Å². The van der Waals surface area contributed by atoms with E-state index < -0.39 is 0 Å². The van der Waals surface area contributed by atoms with Crippen LogP contribution in [-0.4, -0.2) is 29.8 Å². The van der Waals surface area contributed by atoms with Gasteiger partial charge < -0.3 is 0 Å². The summed E-state index contributed by atoms with van der Waals surface area (Å²) in [5, 5.41) is 0. The fraction of sp³-hybridized carbons (Fsp3) is 0.938. The third-order valence-corrected chi connectivity index (χ3v) is 4.42. The molecule has 0 bridgehead atoms. The standard InChI is InChI=1S/C16H29NO/c1-12(2)10-17(14-5-6-14)11-13-9-16(3,4)8-7-15(13)18/h12-14H,5-11H2,1-4H3. The summed E-state index contributed by atoms with van der Waals surface area (Å²) in [6, 6.07) is 0.783. The van der Waals surface area contributed by atoms with Gasteiger partial charge in [-0.3, -0.25) is 9.69 Å². The molecule has 2 nitrogen and oxygen atoms in total. The SMILES string of the molecule is CC(C)CN(CC1CC(C)(C)CCC1=O)C1CC1. The van der Waals surface area contributed by atoms with Crippen LogP contribution in [0.25, 0.3) is 0 Å². The molecular formula is C16H29NO. The van der Waals surface area contributed by atoms with Crippen molar-refractivity contribution in [3.05, 3.63) is 0 Å². The van der Waals surface area contributed by atoms with Crippen LogP contribution in [0.1, 0.15) is 59.8 Å². The molecule has 18 heavy (non-hydrogen) atoms. The lowest BCUT2D eigenvalue weighted by Crippen LogP contribution is -2.41. The highest BCUT2D eigenvalue weighted by molar-refractivity contribution is 5.82. The molecule has 2 aliphatic rings. The van der Waals surface area contributed by atoms with Crippen LogP contribution < -0.4 is 0 Å². The maximum absolute atomic E-state index is 12.1. The molecule has 0 aromatic carbocycles. The minimum atomic E-state index is 0.299. The first-order valence-corrected chi connectivity index (χ1v) is 7.64. The number of hydrogen-bond donors (Lipinski definition) is 0. The van der Waals surface area contributed by atoms with E-state index in [1.165, 1.54) is 12.8 Å². The fourth-order valence-electron chi connectivity index (χ4n) is 3.28. The van der Waals surface area contributed by atoms with E-state index in [1.54, 1.807) is 0 Å². The van der Waals surface area contributed by atoms with Crippen molar-refractivity contribution in [3.8, 4) is 0 Å². The second kappa shape index (κ2) is 5.32. The van der Waals surface area contributed by atoms with Gasteiger partial charge in [0, 0.05) is 31.5 Å². The predicted molar refractivity (Wildman–Crippen MR) is 75.6 cm³/mol. The molecule has 0 saturated heterocycles. The van der Waals surface area contributed by atoms with Gasteiger partial charge in [0.1, 0.15) is 5.78 Å². The Morgan fingerprint density at radius 1 is 1.33 bits per heavy atom. The monoisotopic (exact) mass is 251 g/mol. The van der Waals surface area contributed by atoms with E-state index in [2.05, 4.69) is 32.6 Å². The maximum atomic E-state index is 12.1. The van der Waals surface area contributed by atoms with Crippen molar-refractivity contribution in [2.75, 3.05) is 13.1 Å². The van der Waals surface area contributed by atoms with E-state index in [1.807, 2.05) is 0 Å². The predicted octanol–water partition coefficient (Wildman–Crippen LogP) is 3.50. The van der Waals surface area contributed by atoms with Crippen molar-refractivity contribution >= 4 is 5.78 Å². The van der Waals surface area contributed by atoms with E-state index in [9.17, 15) is 4.79 Å². The third-order valence-electron chi connectivity index (χ3n) is 4.42. The highest BCUT2D eigenvalue weighted by Crippen LogP contribution is 2.38. The zero-order chi connectivity index (χ0) is 13.3. The summed E-state index contributed by atoms with van der Waals surface area (Å²) in [5.41, 5.74) is 0.367. The molecule has 2 rings (SSSR count). The normalized spacial score (nSPS) is 28.1. The number of ketones is 1. The zero-order valence-corrected chi connectivity index (χ0v) is 12.5. The van der Waals surface area contributed by atoms with Gasteiger partial charge in [0.05, 0.1) is 0 Å². The first-order valence-electron chi connectivity index (χ1n) is 7.64. The van der Waals surface area contributed by atoms with Crippen molar-refractivity contribution in [1.82, 2.24) is 4.90 Å². The van der Waals surface area contributed by atoms with E-state index in [4.69, 9.17) is 0 Å². The van der Waals surface area contributed by atoms with Gasteiger partial charge in [-0.15, -0.1) is 0 Å². The molecule has 0 heterocycles. The quantitative estimate of drug-likeness (QED) is 0.745. The van der Waals surface area contributed by atoms with Gasteiger partial charge in [0.25, 0.3) is 0 Å². The molecule has 0 radical (unpaired) electrons. The van der Waals surface area contributed by atoms with Crippen LogP contribution in [0.3, 0.4) is 0 Å². The first kappa shape index (κ1) is 14.0. The van der Waals surface area contributed by atoms with E-state index >= 15 is 0 Å². The molecule has 2 fully saturated rings. The van der Waals surface area contributed by atoms with Gasteiger partial charge in [-0.25, -0.2) is 0 Å². The number of nitrogens with zero attached hydrogens (tertiary/aromatic N) is 1. The summed E-state index contributed by atoms with van der Waals surface area (Å²) in [6.45, 7) is 11.4. The third kappa shape index (κ3) is 3.81. The van der Waals surface area contributed by atoms with Crippen LogP contribution >= 0.6 is 0 Å². The molecule has 2 heteroatoms. The van der Waals surface area contributed by atoms with Gasteiger partial charge in [0.2, 0.25) is 0 Å². The van der Waals surface area contributed by atoms with Gasteiger partial charge in [-0.2, -0.15) is 0 Å². The van der Waals surface area contributed by atoms with Crippen molar-refractivity contribution in [1.29, 1.82) is 0 Å². The topological polar surface area (TPSA) is 20.3 Å². The van der Waals surface area contributed by atoms with Crippen molar-refractivity contribution in [2.45, 2.75) is 65.8 Å². The summed E-state index contributed by atoms with van der Waals surface area (Å²) >= 11 is 0. The molecule has 1 atom stereocenters. The zero-order valence-electron chi connectivity index (χ0n) is 12.5. The summed E-state index contributed by atoms with van der Waals surface area (Å²) < 4.78 is 0. The van der Waals surface area contributed by atoms with Gasteiger partial charge >= 0.3 is 0 Å². The van der Waals surface area contributed by atoms with Crippen molar-refractivity contribution in [2.24, 2.45) is 17.3 Å². The average Bonchev–Trinajstić information content (AvgIpc) is 3.05. The number of Topliss-reactive ketones (excluding diaryl/α,β-unsaturated/α-hetero) is 1. The van der Waals surface area contributed by atoms with E-state index in [0.29, 0.717) is 23.0 Å². The first-order chi connectivity index (χ1) is 8.37. The lowest BCUT2D eigenvalue weighted by molar-refractivity contribution is -0.127.